The number of hydrogen-bond acceptors (Lipinski definition) is 4. The maximum Gasteiger partial charge on any atom is 0.271 e. The van der Waals surface area contributed by atoms with E-state index in [1.54, 1.807) is 18.3 Å². The summed E-state index contributed by atoms with van der Waals surface area (Å²) in [5, 5.41) is 4.72. The molecule has 2 aromatic rings. The molecule has 1 heterocycles. The second-order valence-corrected chi connectivity index (χ2v) is 6.65. The minimum absolute atomic E-state index is 0.235. The highest BCUT2D eigenvalue weighted by atomic mass is 35.5. The minimum Gasteiger partial charge on any atom is -0.489 e. The van der Waals surface area contributed by atoms with Crippen molar-refractivity contribution in [2.45, 2.75) is 20.0 Å². The summed E-state index contributed by atoms with van der Waals surface area (Å²) in [6.45, 7) is 3.78. The molecular weight excluding hydrogens is 352 g/mol. The van der Waals surface area contributed by atoms with Gasteiger partial charge in [-0.25, -0.2) is 5.43 Å². The van der Waals surface area contributed by atoms with E-state index in [-0.39, 0.29) is 11.8 Å². The number of hydrogen-bond donors (Lipinski definition) is 1. The number of benzene rings is 2. The number of halogens is 1. The van der Waals surface area contributed by atoms with Crippen LogP contribution in [0.15, 0.2) is 47.6 Å². The summed E-state index contributed by atoms with van der Waals surface area (Å²) in [4.78, 5) is 12.1. The van der Waals surface area contributed by atoms with Crippen LogP contribution in [0, 0.1) is 12.8 Å². The van der Waals surface area contributed by atoms with Crippen LogP contribution in [0.2, 0.25) is 5.02 Å². The third-order valence-corrected chi connectivity index (χ3v) is 4.59. The SMILES string of the molecule is Cc1cc(OCc2ccc(C(=O)NN=CC3CCOC3)cc2)ccc1Cl. The molecule has 3 rings (SSSR count). The van der Waals surface area contributed by atoms with Crippen molar-refractivity contribution in [3.8, 4) is 5.75 Å². The Balaban J connectivity index is 1.50. The van der Waals surface area contributed by atoms with E-state index in [2.05, 4.69) is 10.5 Å². The molecule has 1 atom stereocenters. The van der Waals surface area contributed by atoms with Crippen LogP contribution in [0.3, 0.4) is 0 Å². The minimum atomic E-state index is -0.235. The molecule has 6 heteroatoms. The van der Waals surface area contributed by atoms with Gasteiger partial charge in [-0.05, 0) is 54.8 Å². The van der Waals surface area contributed by atoms with Gasteiger partial charge in [0.1, 0.15) is 12.4 Å². The van der Waals surface area contributed by atoms with Gasteiger partial charge in [-0.1, -0.05) is 23.7 Å². The predicted molar refractivity (Wildman–Crippen MR) is 102 cm³/mol. The number of amides is 1. The quantitative estimate of drug-likeness (QED) is 0.616. The number of nitrogens with one attached hydrogen (secondary N) is 1. The summed E-state index contributed by atoms with van der Waals surface area (Å²) >= 11 is 6.01. The number of nitrogens with zero attached hydrogens (tertiary/aromatic N) is 1. The average Bonchev–Trinajstić information content (AvgIpc) is 3.16. The first-order chi connectivity index (χ1) is 12.6. The monoisotopic (exact) mass is 372 g/mol. The number of hydrazone groups is 1. The molecule has 1 aliphatic rings. The van der Waals surface area contributed by atoms with Crippen molar-refractivity contribution >= 4 is 23.7 Å². The van der Waals surface area contributed by atoms with Gasteiger partial charge in [0.15, 0.2) is 0 Å². The van der Waals surface area contributed by atoms with Crippen molar-refractivity contribution in [2.24, 2.45) is 11.0 Å². The Morgan fingerprint density at radius 2 is 2.15 bits per heavy atom. The molecule has 136 valence electrons. The van der Waals surface area contributed by atoms with E-state index >= 15 is 0 Å². The lowest BCUT2D eigenvalue weighted by molar-refractivity contribution is 0.0954. The fraction of sp³-hybridized carbons (Fsp3) is 0.300. The van der Waals surface area contributed by atoms with E-state index in [0.29, 0.717) is 18.8 Å². The van der Waals surface area contributed by atoms with Crippen LogP contribution in [-0.4, -0.2) is 25.3 Å². The number of aryl methyl sites for hydroxylation is 1. The van der Waals surface area contributed by atoms with E-state index < -0.39 is 0 Å². The highest BCUT2D eigenvalue weighted by Gasteiger charge is 2.13. The Morgan fingerprint density at radius 1 is 1.35 bits per heavy atom. The van der Waals surface area contributed by atoms with E-state index in [9.17, 15) is 4.79 Å². The highest BCUT2D eigenvalue weighted by Crippen LogP contribution is 2.22. The molecule has 1 aliphatic heterocycles. The van der Waals surface area contributed by atoms with Crippen LogP contribution in [0.1, 0.15) is 27.9 Å². The topological polar surface area (TPSA) is 59.9 Å². The first-order valence-corrected chi connectivity index (χ1v) is 8.89. The van der Waals surface area contributed by atoms with Gasteiger partial charge in [-0.3, -0.25) is 4.79 Å². The molecule has 0 bridgehead atoms. The van der Waals surface area contributed by atoms with Gasteiger partial charge in [-0.15, -0.1) is 0 Å². The molecule has 26 heavy (non-hydrogen) atoms. The summed E-state index contributed by atoms with van der Waals surface area (Å²) in [5.41, 5.74) is 5.04. The molecule has 2 aromatic carbocycles. The van der Waals surface area contributed by atoms with Gasteiger partial charge in [0, 0.05) is 29.3 Å². The molecule has 0 spiro atoms. The van der Waals surface area contributed by atoms with Gasteiger partial charge >= 0.3 is 0 Å². The van der Waals surface area contributed by atoms with Crippen LogP contribution in [-0.2, 0) is 11.3 Å². The second kappa shape index (κ2) is 8.83. The molecule has 1 saturated heterocycles. The van der Waals surface area contributed by atoms with Crippen molar-refractivity contribution < 1.29 is 14.3 Å². The molecular formula is C20H21ClN2O3. The normalized spacial score (nSPS) is 16.8. The Labute approximate surface area is 158 Å². The van der Waals surface area contributed by atoms with Gasteiger partial charge in [0.2, 0.25) is 0 Å². The molecule has 1 unspecified atom stereocenters. The summed E-state index contributed by atoms with van der Waals surface area (Å²) < 4.78 is 11.0. The fourth-order valence-electron chi connectivity index (χ4n) is 2.56. The van der Waals surface area contributed by atoms with Crippen molar-refractivity contribution in [3.05, 3.63) is 64.2 Å². The van der Waals surface area contributed by atoms with Gasteiger partial charge in [0.05, 0.1) is 6.61 Å². The van der Waals surface area contributed by atoms with Crippen LogP contribution in [0.5, 0.6) is 5.75 Å². The smallest absolute Gasteiger partial charge is 0.271 e. The molecule has 1 N–H and O–H groups in total. The van der Waals surface area contributed by atoms with Crippen molar-refractivity contribution in [3.63, 3.8) is 0 Å². The third-order valence-electron chi connectivity index (χ3n) is 4.17. The Kier molecular flexibility index (Phi) is 6.26. The second-order valence-electron chi connectivity index (χ2n) is 6.24. The largest absolute Gasteiger partial charge is 0.489 e. The van der Waals surface area contributed by atoms with Crippen molar-refractivity contribution in [1.82, 2.24) is 5.43 Å². The zero-order valence-corrected chi connectivity index (χ0v) is 15.3. The van der Waals surface area contributed by atoms with Crippen LogP contribution in [0.25, 0.3) is 0 Å². The molecule has 0 aliphatic carbocycles. The van der Waals surface area contributed by atoms with E-state index in [1.807, 2.05) is 37.3 Å². The first kappa shape index (κ1) is 18.4. The zero-order chi connectivity index (χ0) is 18.4. The number of rotatable bonds is 6. The van der Waals surface area contributed by atoms with Crippen LogP contribution >= 0.6 is 11.6 Å². The van der Waals surface area contributed by atoms with Gasteiger partial charge in [-0.2, -0.15) is 5.10 Å². The van der Waals surface area contributed by atoms with Crippen molar-refractivity contribution in [2.75, 3.05) is 13.2 Å². The summed E-state index contributed by atoms with van der Waals surface area (Å²) in [5.74, 6) is 0.811. The molecule has 5 nitrogen and oxygen atoms in total. The molecule has 1 fully saturated rings. The predicted octanol–water partition coefficient (Wildman–Crippen LogP) is 3.98. The lowest BCUT2D eigenvalue weighted by Gasteiger charge is -2.08. The standard InChI is InChI=1S/C20H21ClN2O3/c1-14-10-18(6-7-19(14)21)26-13-15-2-4-17(5-3-15)20(24)23-22-11-16-8-9-25-12-16/h2-7,10-11,16H,8-9,12-13H2,1H3,(H,23,24). The maximum atomic E-state index is 12.1. The van der Waals surface area contributed by atoms with E-state index in [0.717, 1.165) is 34.9 Å². The van der Waals surface area contributed by atoms with Crippen LogP contribution < -0.4 is 10.2 Å². The molecule has 0 radical (unpaired) electrons. The summed E-state index contributed by atoms with van der Waals surface area (Å²) in [6, 6.07) is 12.8. The zero-order valence-electron chi connectivity index (χ0n) is 14.6. The van der Waals surface area contributed by atoms with E-state index in [1.165, 1.54) is 0 Å². The third kappa shape index (κ3) is 5.07. The van der Waals surface area contributed by atoms with E-state index in [4.69, 9.17) is 21.1 Å². The Morgan fingerprint density at radius 3 is 2.85 bits per heavy atom. The summed E-state index contributed by atoms with van der Waals surface area (Å²) in [6.07, 6.45) is 2.68. The number of carbonyl (C=O) groups excluding carboxylic acids is 1. The Hall–Kier alpha value is -2.37. The van der Waals surface area contributed by atoms with Crippen LogP contribution in [0.4, 0.5) is 0 Å². The lowest BCUT2D eigenvalue weighted by atomic mass is 10.1. The Bertz CT molecular complexity index is 784. The van der Waals surface area contributed by atoms with Crippen molar-refractivity contribution in [1.29, 1.82) is 0 Å². The fourth-order valence-corrected chi connectivity index (χ4v) is 2.68. The summed E-state index contributed by atoms with van der Waals surface area (Å²) in [7, 11) is 0. The molecule has 1 amide bonds. The molecule has 0 aromatic heterocycles. The number of ether oxygens (including phenoxy) is 2. The van der Waals surface area contributed by atoms with Gasteiger partial charge in [0.25, 0.3) is 5.91 Å². The molecule has 0 saturated carbocycles. The highest BCUT2D eigenvalue weighted by molar-refractivity contribution is 6.31. The van der Waals surface area contributed by atoms with Gasteiger partial charge < -0.3 is 9.47 Å². The maximum absolute atomic E-state index is 12.1. The first-order valence-electron chi connectivity index (χ1n) is 8.51. The lowest BCUT2D eigenvalue weighted by Crippen LogP contribution is -2.18. The number of carbonyl (C=O) groups is 1. The average molecular weight is 373 g/mol.